The molecular weight excluding hydrogens is 360 g/mol. The van der Waals surface area contributed by atoms with Gasteiger partial charge in [-0.25, -0.2) is 12.7 Å². The Morgan fingerprint density at radius 1 is 1.07 bits per heavy atom. The van der Waals surface area contributed by atoms with Gasteiger partial charge in [-0.3, -0.25) is 4.79 Å². The molecule has 152 valence electrons. The van der Waals surface area contributed by atoms with Gasteiger partial charge in [0.1, 0.15) is 0 Å². The van der Waals surface area contributed by atoms with E-state index in [1.807, 2.05) is 31.2 Å². The molecule has 1 aliphatic heterocycles. The molecule has 1 fully saturated rings. The number of hydrogen-bond donors (Lipinski definition) is 1. The number of benzene rings is 1. The summed E-state index contributed by atoms with van der Waals surface area (Å²) in [4.78, 5) is 12.6. The molecule has 1 heterocycles. The summed E-state index contributed by atoms with van der Waals surface area (Å²) in [6.45, 7) is 11.3. The fraction of sp³-hybridized carbons (Fsp3) is 0.667. The van der Waals surface area contributed by atoms with E-state index in [9.17, 15) is 13.2 Å². The number of nitrogens with one attached hydrogen (secondary N) is 1. The first-order valence-corrected chi connectivity index (χ1v) is 11.5. The van der Waals surface area contributed by atoms with E-state index in [1.165, 1.54) is 0 Å². The Kier molecular flexibility index (Phi) is 7.46. The number of rotatable bonds is 7. The quantitative estimate of drug-likeness (QED) is 0.771. The second-order valence-electron chi connectivity index (χ2n) is 8.44. The number of hydrogen-bond acceptors (Lipinski definition) is 3. The summed E-state index contributed by atoms with van der Waals surface area (Å²) in [5.41, 5.74) is 1.92. The van der Waals surface area contributed by atoms with Gasteiger partial charge in [-0.15, -0.1) is 0 Å². The Labute approximate surface area is 164 Å². The largest absolute Gasteiger partial charge is 0.353 e. The molecule has 1 aromatic carbocycles. The normalized spacial score (nSPS) is 17.0. The van der Waals surface area contributed by atoms with Gasteiger partial charge >= 0.3 is 0 Å². The molecule has 1 amide bonds. The highest BCUT2D eigenvalue weighted by Crippen LogP contribution is 2.23. The molecule has 27 heavy (non-hydrogen) atoms. The third-order valence-electron chi connectivity index (χ3n) is 5.43. The number of piperidine rings is 1. The Morgan fingerprint density at radius 3 is 2.07 bits per heavy atom. The Hall–Kier alpha value is -1.40. The average molecular weight is 395 g/mol. The number of amides is 1. The van der Waals surface area contributed by atoms with Crippen LogP contribution < -0.4 is 5.32 Å². The molecule has 1 saturated heterocycles. The lowest BCUT2D eigenvalue weighted by molar-refractivity contribution is -0.127. The molecule has 6 heteroatoms. The molecule has 1 aromatic rings. The van der Waals surface area contributed by atoms with Crippen LogP contribution in [0.3, 0.4) is 0 Å². The summed E-state index contributed by atoms with van der Waals surface area (Å²) in [5.74, 6) is 0.745. The molecule has 5 nitrogen and oxygen atoms in total. The minimum Gasteiger partial charge on any atom is -0.353 e. The van der Waals surface area contributed by atoms with E-state index < -0.39 is 10.0 Å². The van der Waals surface area contributed by atoms with Crippen molar-refractivity contribution in [2.45, 2.75) is 59.3 Å². The maximum Gasteiger partial charge on any atom is 0.223 e. The van der Waals surface area contributed by atoms with Crippen molar-refractivity contribution in [3.8, 4) is 0 Å². The van der Waals surface area contributed by atoms with Gasteiger partial charge in [0, 0.05) is 25.0 Å². The molecule has 1 aliphatic rings. The first-order chi connectivity index (χ1) is 12.6. The number of carbonyl (C=O) groups is 1. The predicted octanol–water partition coefficient (Wildman–Crippen LogP) is 3.33. The monoisotopic (exact) mass is 394 g/mol. The molecule has 0 saturated carbocycles. The minimum absolute atomic E-state index is 0.0208. The van der Waals surface area contributed by atoms with E-state index in [0.29, 0.717) is 37.8 Å². The van der Waals surface area contributed by atoms with Gasteiger partial charge < -0.3 is 5.32 Å². The fourth-order valence-electron chi connectivity index (χ4n) is 3.77. The molecule has 0 unspecified atom stereocenters. The van der Waals surface area contributed by atoms with Crippen LogP contribution in [-0.2, 0) is 20.6 Å². The van der Waals surface area contributed by atoms with Crippen LogP contribution in [0, 0.1) is 24.7 Å². The van der Waals surface area contributed by atoms with E-state index >= 15 is 0 Å². The molecule has 0 atom stereocenters. The van der Waals surface area contributed by atoms with Crippen molar-refractivity contribution >= 4 is 15.9 Å². The van der Waals surface area contributed by atoms with Crippen LogP contribution in [-0.4, -0.2) is 37.8 Å². The van der Waals surface area contributed by atoms with Crippen LogP contribution in [0.25, 0.3) is 0 Å². The summed E-state index contributed by atoms with van der Waals surface area (Å²) in [7, 11) is -3.35. The van der Waals surface area contributed by atoms with Crippen molar-refractivity contribution in [3.63, 3.8) is 0 Å². The van der Waals surface area contributed by atoms with Gasteiger partial charge in [-0.2, -0.15) is 0 Å². The summed E-state index contributed by atoms with van der Waals surface area (Å²) >= 11 is 0. The molecule has 2 rings (SSSR count). The highest BCUT2D eigenvalue weighted by atomic mass is 32.2. The number of carbonyl (C=O) groups excluding carboxylic acids is 1. The number of sulfonamides is 1. The van der Waals surface area contributed by atoms with Crippen LogP contribution in [0.4, 0.5) is 0 Å². The zero-order valence-corrected chi connectivity index (χ0v) is 18.1. The van der Waals surface area contributed by atoms with E-state index in [1.54, 1.807) is 4.31 Å². The van der Waals surface area contributed by atoms with Gasteiger partial charge in [0.2, 0.25) is 15.9 Å². The molecular formula is C21H34N2O3S. The fourth-order valence-corrected chi connectivity index (χ4v) is 5.33. The van der Waals surface area contributed by atoms with E-state index in [2.05, 4.69) is 33.0 Å². The third kappa shape index (κ3) is 6.04. The maximum absolute atomic E-state index is 12.7. The summed E-state index contributed by atoms with van der Waals surface area (Å²) < 4.78 is 26.9. The van der Waals surface area contributed by atoms with Crippen molar-refractivity contribution in [1.29, 1.82) is 0 Å². The third-order valence-corrected chi connectivity index (χ3v) is 7.28. The number of nitrogens with zero attached hydrogens (tertiary/aromatic N) is 1. The lowest BCUT2D eigenvalue weighted by atomic mass is 9.91. The molecule has 0 aromatic heterocycles. The van der Waals surface area contributed by atoms with Crippen molar-refractivity contribution in [2.24, 2.45) is 17.8 Å². The van der Waals surface area contributed by atoms with Crippen molar-refractivity contribution < 1.29 is 13.2 Å². The highest BCUT2D eigenvalue weighted by molar-refractivity contribution is 7.88. The first-order valence-electron chi connectivity index (χ1n) is 9.94. The van der Waals surface area contributed by atoms with Crippen molar-refractivity contribution in [3.05, 3.63) is 35.4 Å². The van der Waals surface area contributed by atoms with Crippen LogP contribution in [0.15, 0.2) is 24.3 Å². The maximum atomic E-state index is 12.7. The lowest BCUT2D eigenvalue weighted by Gasteiger charge is -2.33. The van der Waals surface area contributed by atoms with Crippen LogP contribution >= 0.6 is 0 Å². The van der Waals surface area contributed by atoms with Gasteiger partial charge in [-0.05, 0) is 37.2 Å². The van der Waals surface area contributed by atoms with E-state index in [-0.39, 0.29) is 23.6 Å². The smallest absolute Gasteiger partial charge is 0.223 e. The minimum atomic E-state index is -3.35. The highest BCUT2D eigenvalue weighted by Gasteiger charge is 2.32. The van der Waals surface area contributed by atoms with Crippen LogP contribution in [0.1, 0.15) is 51.7 Å². The topological polar surface area (TPSA) is 66.5 Å². The molecule has 0 spiro atoms. The Morgan fingerprint density at radius 2 is 1.59 bits per heavy atom. The predicted molar refractivity (Wildman–Crippen MR) is 110 cm³/mol. The number of aryl methyl sites for hydroxylation is 1. The molecule has 0 bridgehead atoms. The van der Waals surface area contributed by atoms with Crippen molar-refractivity contribution in [1.82, 2.24) is 9.62 Å². The van der Waals surface area contributed by atoms with Gasteiger partial charge in [-0.1, -0.05) is 57.5 Å². The summed E-state index contributed by atoms with van der Waals surface area (Å²) in [6, 6.07) is 7.75. The molecule has 0 radical (unpaired) electrons. The van der Waals surface area contributed by atoms with Gasteiger partial charge in [0.05, 0.1) is 5.75 Å². The zero-order chi connectivity index (χ0) is 20.2. The summed E-state index contributed by atoms with van der Waals surface area (Å²) in [6.07, 6.45) is 1.17. The second kappa shape index (κ2) is 9.20. The standard InChI is InChI=1S/C21H34N2O3S/c1-15(2)20(16(3)4)22-21(24)19-10-12-23(13-11-19)27(25,26)14-18-8-6-17(5)7-9-18/h6-9,15-16,19-20H,10-14H2,1-5H3,(H,22,24). The van der Waals surface area contributed by atoms with Gasteiger partial charge in [0.15, 0.2) is 0 Å². The van der Waals surface area contributed by atoms with Gasteiger partial charge in [0.25, 0.3) is 0 Å². The molecule has 1 N–H and O–H groups in total. The second-order valence-corrected chi connectivity index (χ2v) is 10.4. The average Bonchev–Trinajstić information content (AvgIpc) is 2.60. The van der Waals surface area contributed by atoms with E-state index in [4.69, 9.17) is 0 Å². The SMILES string of the molecule is Cc1ccc(CS(=O)(=O)N2CCC(C(=O)NC(C(C)C)C(C)C)CC2)cc1. The molecule has 0 aliphatic carbocycles. The van der Waals surface area contributed by atoms with E-state index in [0.717, 1.165) is 11.1 Å². The first kappa shape index (κ1) is 21.9. The Balaban J connectivity index is 1.91. The summed E-state index contributed by atoms with van der Waals surface area (Å²) in [5, 5.41) is 3.18. The zero-order valence-electron chi connectivity index (χ0n) is 17.2. The van der Waals surface area contributed by atoms with Crippen molar-refractivity contribution in [2.75, 3.05) is 13.1 Å². The van der Waals surface area contributed by atoms with Crippen LogP contribution in [0.2, 0.25) is 0 Å². The Bertz CT molecular complexity index is 710. The van der Waals surface area contributed by atoms with Crippen LogP contribution in [0.5, 0.6) is 0 Å². The lowest BCUT2D eigenvalue weighted by Crippen LogP contribution is -2.48.